The molecule has 24 heavy (non-hydrogen) atoms. The van der Waals surface area contributed by atoms with E-state index in [4.69, 9.17) is 9.47 Å². The average molecular weight is 457 g/mol. The van der Waals surface area contributed by atoms with E-state index >= 15 is 0 Å². The summed E-state index contributed by atoms with van der Waals surface area (Å²) in [4.78, 5) is 23.5. The van der Waals surface area contributed by atoms with Crippen LogP contribution >= 0.6 is 22.6 Å². The van der Waals surface area contributed by atoms with E-state index in [0.717, 1.165) is 18.3 Å². The summed E-state index contributed by atoms with van der Waals surface area (Å²) in [5, 5.41) is 2.65. The maximum Gasteiger partial charge on any atom is 0.573 e. The van der Waals surface area contributed by atoms with Crippen LogP contribution in [0.25, 0.3) is 0 Å². The molecular formula is C14H11F3INO5. The fourth-order valence-corrected chi connectivity index (χ4v) is 2.38. The lowest BCUT2D eigenvalue weighted by Gasteiger charge is -2.29. The van der Waals surface area contributed by atoms with Crippen molar-refractivity contribution in [1.29, 1.82) is 0 Å². The largest absolute Gasteiger partial charge is 0.573 e. The Morgan fingerprint density at radius 2 is 1.79 bits per heavy atom. The Labute approximate surface area is 148 Å². The Hall–Kier alpha value is -1.98. The van der Waals surface area contributed by atoms with Gasteiger partial charge >= 0.3 is 18.3 Å². The molecule has 0 aliphatic carbocycles. The van der Waals surface area contributed by atoms with Gasteiger partial charge in [-0.2, -0.15) is 0 Å². The zero-order valence-corrected chi connectivity index (χ0v) is 14.5. The number of carbonyl (C=O) groups excluding carboxylic acids is 2. The first-order valence-corrected chi connectivity index (χ1v) is 7.53. The van der Waals surface area contributed by atoms with Gasteiger partial charge in [-0.15, -0.1) is 13.2 Å². The van der Waals surface area contributed by atoms with Gasteiger partial charge in [-0.3, -0.25) is 0 Å². The number of alkyl halides is 3. The molecule has 0 amide bonds. The summed E-state index contributed by atoms with van der Waals surface area (Å²) < 4.78 is 50.5. The van der Waals surface area contributed by atoms with Crippen LogP contribution in [0.4, 0.5) is 18.9 Å². The van der Waals surface area contributed by atoms with Crippen LogP contribution in [0.15, 0.2) is 30.0 Å². The quantitative estimate of drug-likeness (QED) is 0.325. The average Bonchev–Trinajstić information content (AvgIpc) is 2.36. The number of hydrogen-bond acceptors (Lipinski definition) is 6. The van der Waals surface area contributed by atoms with Crippen LogP contribution in [-0.2, 0) is 19.1 Å². The predicted octanol–water partition coefficient (Wildman–Crippen LogP) is 3.32. The smallest absolute Gasteiger partial charge is 0.419 e. The first-order valence-electron chi connectivity index (χ1n) is 6.45. The minimum absolute atomic E-state index is 0.360. The Morgan fingerprint density at radius 3 is 2.29 bits per heavy atom. The monoisotopic (exact) mass is 457 g/mol. The summed E-state index contributed by atoms with van der Waals surface area (Å²) in [5.41, 5.74) is 0.00352. The fraction of sp³-hybridized carbons (Fsp3) is 0.286. The van der Waals surface area contributed by atoms with Crippen molar-refractivity contribution in [3.05, 3.63) is 33.5 Å². The van der Waals surface area contributed by atoms with Gasteiger partial charge in [-0.05, 0) is 40.8 Å². The number of cyclic esters (lactones) is 2. The molecule has 0 spiro atoms. The first-order chi connectivity index (χ1) is 11.0. The molecule has 0 unspecified atom stereocenters. The van der Waals surface area contributed by atoms with Crippen molar-refractivity contribution in [1.82, 2.24) is 0 Å². The number of benzene rings is 1. The van der Waals surface area contributed by atoms with E-state index in [1.165, 1.54) is 19.9 Å². The molecule has 0 radical (unpaired) electrons. The van der Waals surface area contributed by atoms with E-state index in [-0.39, 0.29) is 11.3 Å². The third-order valence-corrected chi connectivity index (χ3v) is 3.56. The molecule has 1 aromatic carbocycles. The summed E-state index contributed by atoms with van der Waals surface area (Å²) in [5.74, 6) is -3.47. The number of esters is 2. The summed E-state index contributed by atoms with van der Waals surface area (Å²) in [6.07, 6.45) is -3.72. The van der Waals surface area contributed by atoms with Crippen molar-refractivity contribution in [3.63, 3.8) is 0 Å². The van der Waals surface area contributed by atoms with Gasteiger partial charge in [0, 0.05) is 23.6 Å². The first kappa shape index (κ1) is 18.4. The van der Waals surface area contributed by atoms with Crippen LogP contribution in [0.5, 0.6) is 5.75 Å². The van der Waals surface area contributed by atoms with Gasteiger partial charge in [0.2, 0.25) is 0 Å². The van der Waals surface area contributed by atoms with Crippen LogP contribution in [0, 0.1) is 3.57 Å². The highest BCUT2D eigenvalue weighted by atomic mass is 127. The van der Waals surface area contributed by atoms with E-state index < -0.39 is 24.1 Å². The molecule has 130 valence electrons. The molecule has 1 heterocycles. The molecule has 0 aromatic heterocycles. The van der Waals surface area contributed by atoms with E-state index in [1.807, 2.05) is 0 Å². The number of ether oxygens (including phenoxy) is 3. The molecule has 1 aliphatic rings. The maximum absolute atomic E-state index is 12.2. The van der Waals surface area contributed by atoms with Gasteiger partial charge in [0.1, 0.15) is 5.75 Å². The maximum atomic E-state index is 12.2. The Morgan fingerprint density at radius 1 is 1.21 bits per heavy atom. The van der Waals surface area contributed by atoms with E-state index in [0.29, 0.717) is 9.26 Å². The molecule has 6 nitrogen and oxygen atoms in total. The number of carbonyl (C=O) groups is 2. The molecule has 1 aliphatic heterocycles. The van der Waals surface area contributed by atoms with Crippen molar-refractivity contribution in [2.75, 3.05) is 5.32 Å². The lowest BCUT2D eigenvalue weighted by Crippen LogP contribution is -2.42. The molecule has 1 N–H and O–H groups in total. The van der Waals surface area contributed by atoms with Crippen LogP contribution < -0.4 is 10.1 Å². The molecule has 10 heteroatoms. The highest BCUT2D eigenvalue weighted by Crippen LogP contribution is 2.29. The zero-order chi connectivity index (χ0) is 18.1. The second kappa shape index (κ2) is 6.49. The van der Waals surface area contributed by atoms with Gasteiger partial charge in [0.25, 0.3) is 5.79 Å². The minimum atomic E-state index is -4.79. The molecule has 1 fully saturated rings. The van der Waals surface area contributed by atoms with Crippen LogP contribution in [0.1, 0.15) is 13.8 Å². The molecule has 1 saturated heterocycles. The number of hydrogen-bond donors (Lipinski definition) is 1. The normalized spacial score (nSPS) is 17.0. The lowest BCUT2D eigenvalue weighted by molar-refractivity contribution is -0.274. The van der Waals surface area contributed by atoms with Gasteiger partial charge in [0.05, 0.1) is 5.69 Å². The van der Waals surface area contributed by atoms with E-state index in [9.17, 15) is 22.8 Å². The molecule has 0 saturated carbocycles. The predicted molar refractivity (Wildman–Crippen MR) is 83.8 cm³/mol. The van der Waals surface area contributed by atoms with E-state index in [1.54, 1.807) is 22.6 Å². The van der Waals surface area contributed by atoms with Crippen LogP contribution in [-0.4, -0.2) is 24.1 Å². The lowest BCUT2D eigenvalue weighted by atomic mass is 10.2. The highest BCUT2D eigenvalue weighted by molar-refractivity contribution is 14.1. The van der Waals surface area contributed by atoms with Gasteiger partial charge in [-0.25, -0.2) is 9.59 Å². The number of nitrogens with one attached hydrogen (secondary N) is 1. The second-order valence-corrected chi connectivity index (χ2v) is 6.23. The minimum Gasteiger partial charge on any atom is -0.419 e. The van der Waals surface area contributed by atoms with Crippen molar-refractivity contribution < 1.29 is 37.0 Å². The molecule has 0 bridgehead atoms. The standard InChI is InChI=1S/C14H11F3INO5/c1-13(2)23-11(20)8(12(21)24-13)6-19-10-4-3-7(5-9(10)18)22-14(15,16)17/h3-6,19H,1-2H3. The summed E-state index contributed by atoms with van der Waals surface area (Å²) in [6.45, 7) is 2.82. The van der Waals surface area contributed by atoms with Crippen molar-refractivity contribution in [2.45, 2.75) is 26.0 Å². The van der Waals surface area contributed by atoms with Gasteiger partial charge in [0.15, 0.2) is 5.57 Å². The SMILES string of the molecule is CC1(C)OC(=O)C(=CNc2ccc(OC(F)(F)F)cc2I)C(=O)O1. The van der Waals surface area contributed by atoms with Gasteiger partial charge < -0.3 is 19.5 Å². The molecule has 2 rings (SSSR count). The van der Waals surface area contributed by atoms with E-state index in [2.05, 4.69) is 10.1 Å². The third-order valence-electron chi connectivity index (χ3n) is 2.66. The summed E-state index contributed by atoms with van der Waals surface area (Å²) in [7, 11) is 0. The highest BCUT2D eigenvalue weighted by Gasteiger charge is 2.39. The second-order valence-electron chi connectivity index (χ2n) is 5.07. The third kappa shape index (κ3) is 4.76. The Kier molecular flexibility index (Phi) is 4.97. The van der Waals surface area contributed by atoms with Crippen molar-refractivity contribution in [3.8, 4) is 5.75 Å². The van der Waals surface area contributed by atoms with Crippen molar-refractivity contribution >= 4 is 40.2 Å². The van der Waals surface area contributed by atoms with Gasteiger partial charge in [-0.1, -0.05) is 0 Å². The number of rotatable bonds is 3. The molecular weight excluding hydrogens is 446 g/mol. The Bertz CT molecular complexity index is 693. The van der Waals surface area contributed by atoms with Crippen LogP contribution in [0.3, 0.4) is 0 Å². The number of anilines is 1. The topological polar surface area (TPSA) is 73.9 Å². The fourth-order valence-electron chi connectivity index (χ4n) is 1.74. The van der Waals surface area contributed by atoms with Crippen molar-refractivity contribution in [2.24, 2.45) is 0 Å². The summed E-state index contributed by atoms with van der Waals surface area (Å²) in [6, 6.07) is 3.55. The van der Waals surface area contributed by atoms with Crippen LogP contribution in [0.2, 0.25) is 0 Å². The number of halogens is 4. The summed E-state index contributed by atoms with van der Waals surface area (Å²) >= 11 is 1.78. The molecule has 0 atom stereocenters. The zero-order valence-electron chi connectivity index (χ0n) is 12.4. The Balaban J connectivity index is 2.14. The molecule has 1 aromatic rings.